The maximum Gasteiger partial charge on any atom is 0.0872 e. The first-order valence-corrected chi connectivity index (χ1v) is 19.9. The minimum atomic E-state index is -0.569. The summed E-state index contributed by atoms with van der Waals surface area (Å²) in [6.07, 6.45) is 6.33. The Kier molecular flexibility index (Phi) is 11.7. The van der Waals surface area contributed by atoms with E-state index in [0.717, 1.165) is 38.0 Å². The van der Waals surface area contributed by atoms with Gasteiger partial charge in [0.25, 0.3) is 0 Å². The highest BCUT2D eigenvalue weighted by molar-refractivity contribution is 7.64. The Bertz CT molecular complexity index is 1350. The molecular formula is C40H48O4P2. The second-order valence-corrected chi connectivity index (χ2v) is 18.7. The summed E-state index contributed by atoms with van der Waals surface area (Å²) in [5.41, 5.74) is 4.91. The fourth-order valence-corrected chi connectivity index (χ4v) is 13.9. The minimum absolute atomic E-state index is 0.191. The summed E-state index contributed by atoms with van der Waals surface area (Å²) in [5, 5.41) is -0.382. The summed E-state index contributed by atoms with van der Waals surface area (Å²) in [7, 11) is -1.14. The van der Waals surface area contributed by atoms with Crippen molar-refractivity contribution in [2.24, 2.45) is 0 Å². The molecule has 0 bridgehead atoms. The first kappa shape index (κ1) is 33.5. The molecule has 4 aromatic rings. The second-order valence-electron chi connectivity index (χ2n) is 12.9. The molecule has 2 fully saturated rings. The van der Waals surface area contributed by atoms with Crippen LogP contribution in [0.25, 0.3) is 0 Å². The zero-order valence-electron chi connectivity index (χ0n) is 27.3. The highest BCUT2D eigenvalue weighted by Crippen LogP contribution is 2.69. The van der Waals surface area contributed by atoms with Crippen molar-refractivity contribution in [3.05, 3.63) is 144 Å². The van der Waals surface area contributed by atoms with E-state index in [0.29, 0.717) is 26.4 Å². The average molecular weight is 655 g/mol. The monoisotopic (exact) mass is 654 g/mol. The SMILES string of the molecule is CC1(OCc2ccccc2)CCC(OCc2ccccc2)P1CCP1C(OCc2ccccc2)CCC1(C)OCc1ccccc1. The first-order chi connectivity index (χ1) is 22.5. The molecule has 2 saturated heterocycles. The van der Waals surface area contributed by atoms with Crippen LogP contribution in [0.3, 0.4) is 0 Å². The Labute approximate surface area is 278 Å². The lowest BCUT2D eigenvalue weighted by Crippen LogP contribution is -2.29. The highest BCUT2D eigenvalue weighted by Gasteiger charge is 2.50. The second kappa shape index (κ2) is 16.1. The lowest BCUT2D eigenvalue weighted by molar-refractivity contribution is 0.0195. The van der Waals surface area contributed by atoms with Gasteiger partial charge in [0, 0.05) is 0 Å². The first-order valence-electron chi connectivity index (χ1n) is 16.7. The Balaban J connectivity index is 1.19. The number of benzene rings is 4. The van der Waals surface area contributed by atoms with Gasteiger partial charge in [0.15, 0.2) is 0 Å². The number of hydrogen-bond donors (Lipinski definition) is 0. The van der Waals surface area contributed by atoms with Gasteiger partial charge in [-0.2, -0.15) is 0 Å². The third kappa shape index (κ3) is 8.73. The number of ether oxygens (including phenoxy) is 4. The topological polar surface area (TPSA) is 36.9 Å². The van der Waals surface area contributed by atoms with Gasteiger partial charge >= 0.3 is 0 Å². The predicted molar refractivity (Wildman–Crippen MR) is 191 cm³/mol. The molecule has 0 N–H and O–H groups in total. The molecule has 6 heteroatoms. The fraction of sp³-hybridized carbons (Fsp3) is 0.400. The molecule has 6 unspecified atom stereocenters. The summed E-state index contributed by atoms with van der Waals surface area (Å²) in [6, 6.07) is 42.3. The Morgan fingerprint density at radius 1 is 0.478 bits per heavy atom. The molecule has 0 aromatic heterocycles. The summed E-state index contributed by atoms with van der Waals surface area (Å²) in [4.78, 5) is 0. The number of hydrogen-bond acceptors (Lipinski definition) is 4. The van der Waals surface area contributed by atoms with Gasteiger partial charge in [-0.1, -0.05) is 121 Å². The van der Waals surface area contributed by atoms with Crippen LogP contribution in [0.2, 0.25) is 0 Å². The smallest absolute Gasteiger partial charge is 0.0872 e. The molecule has 2 aliphatic heterocycles. The van der Waals surface area contributed by atoms with Crippen LogP contribution < -0.4 is 0 Å². The van der Waals surface area contributed by atoms with Gasteiger partial charge < -0.3 is 18.9 Å². The third-order valence-electron chi connectivity index (χ3n) is 9.56. The molecule has 0 spiro atoms. The standard InChI is InChI=1S/C40H48O4P2/c1-39(43-31-35-19-11-5-12-20-35)25-23-37(41-29-33-15-7-3-8-16-33)45(39)27-28-46-38(42-30-34-17-9-4-10-18-34)24-26-40(46,2)44-32-36-21-13-6-14-22-36/h3-22,37-38H,23-32H2,1-2H3. The van der Waals surface area contributed by atoms with Crippen molar-refractivity contribution in [2.45, 2.75) is 88.3 Å². The van der Waals surface area contributed by atoms with Gasteiger partial charge in [0.2, 0.25) is 0 Å². The van der Waals surface area contributed by atoms with E-state index in [-0.39, 0.29) is 22.4 Å². The van der Waals surface area contributed by atoms with Crippen molar-refractivity contribution in [1.82, 2.24) is 0 Å². The van der Waals surface area contributed by atoms with E-state index in [1.165, 1.54) is 22.3 Å². The number of rotatable bonds is 15. The third-order valence-corrected chi connectivity index (χ3v) is 16.7. The van der Waals surface area contributed by atoms with Crippen molar-refractivity contribution in [2.75, 3.05) is 12.3 Å². The Morgan fingerprint density at radius 3 is 1.11 bits per heavy atom. The van der Waals surface area contributed by atoms with Gasteiger partial charge in [-0.3, -0.25) is 0 Å². The quantitative estimate of drug-likeness (QED) is 0.120. The van der Waals surface area contributed by atoms with Crippen molar-refractivity contribution >= 4 is 15.8 Å². The summed E-state index contributed by atoms with van der Waals surface area (Å²) >= 11 is 0. The molecular weight excluding hydrogens is 606 g/mol. The zero-order chi connectivity index (χ0) is 31.7. The van der Waals surface area contributed by atoms with Gasteiger partial charge in [-0.25, -0.2) is 0 Å². The van der Waals surface area contributed by atoms with Crippen molar-refractivity contribution in [3.63, 3.8) is 0 Å². The van der Waals surface area contributed by atoms with E-state index >= 15 is 0 Å². The van der Waals surface area contributed by atoms with Crippen LogP contribution in [0.15, 0.2) is 121 Å². The predicted octanol–water partition coefficient (Wildman–Crippen LogP) is 10.5. The molecule has 46 heavy (non-hydrogen) atoms. The Hall–Kier alpha value is -2.42. The summed E-state index contributed by atoms with van der Waals surface area (Å²) in [6.45, 7) is 7.27. The van der Waals surface area contributed by atoms with E-state index in [4.69, 9.17) is 18.9 Å². The van der Waals surface area contributed by atoms with E-state index in [1.54, 1.807) is 0 Å². The molecule has 242 valence electrons. The van der Waals surface area contributed by atoms with Crippen LogP contribution >= 0.6 is 15.8 Å². The molecule has 4 aromatic carbocycles. The van der Waals surface area contributed by atoms with Crippen LogP contribution in [0, 0.1) is 0 Å². The molecule has 0 saturated carbocycles. The van der Waals surface area contributed by atoms with Gasteiger partial charge in [-0.05, 0) is 90.0 Å². The molecule has 2 aliphatic rings. The lowest BCUT2D eigenvalue weighted by atomic mass is 10.2. The van der Waals surface area contributed by atoms with Gasteiger partial charge in [-0.15, -0.1) is 0 Å². The highest BCUT2D eigenvalue weighted by atomic mass is 31.1. The molecule has 0 aliphatic carbocycles. The van der Waals surface area contributed by atoms with E-state index in [2.05, 4.69) is 135 Å². The van der Waals surface area contributed by atoms with Gasteiger partial charge in [0.05, 0.1) is 48.8 Å². The average Bonchev–Trinajstić information content (AvgIpc) is 3.60. The van der Waals surface area contributed by atoms with E-state index in [1.807, 2.05) is 0 Å². The lowest BCUT2D eigenvalue weighted by Gasteiger charge is -2.39. The maximum absolute atomic E-state index is 6.87. The maximum atomic E-state index is 6.87. The van der Waals surface area contributed by atoms with Crippen LogP contribution in [-0.2, 0) is 45.4 Å². The van der Waals surface area contributed by atoms with Crippen LogP contribution in [0.4, 0.5) is 0 Å². The van der Waals surface area contributed by atoms with Crippen molar-refractivity contribution in [3.8, 4) is 0 Å². The molecule has 2 heterocycles. The van der Waals surface area contributed by atoms with Crippen molar-refractivity contribution in [1.29, 1.82) is 0 Å². The summed E-state index contributed by atoms with van der Waals surface area (Å²) < 4.78 is 27.2. The van der Waals surface area contributed by atoms with Gasteiger partial charge in [0.1, 0.15) is 0 Å². The normalized spacial score (nSPS) is 27.6. The summed E-state index contributed by atoms with van der Waals surface area (Å²) in [5.74, 6) is 0.433. The van der Waals surface area contributed by atoms with Crippen LogP contribution in [0.1, 0.15) is 61.8 Å². The Morgan fingerprint density at radius 2 is 0.783 bits per heavy atom. The van der Waals surface area contributed by atoms with Crippen LogP contribution in [0.5, 0.6) is 0 Å². The fourth-order valence-electron chi connectivity index (χ4n) is 6.78. The zero-order valence-corrected chi connectivity index (χ0v) is 29.1. The molecule has 0 radical (unpaired) electrons. The van der Waals surface area contributed by atoms with Crippen molar-refractivity contribution < 1.29 is 18.9 Å². The van der Waals surface area contributed by atoms with Crippen LogP contribution in [-0.4, -0.2) is 34.7 Å². The molecule has 4 nitrogen and oxygen atoms in total. The minimum Gasteiger partial charge on any atom is -0.369 e. The molecule has 0 amide bonds. The van der Waals surface area contributed by atoms with E-state index < -0.39 is 15.8 Å². The largest absolute Gasteiger partial charge is 0.369 e. The van der Waals surface area contributed by atoms with E-state index in [9.17, 15) is 0 Å². The molecule has 6 atom stereocenters. The molecule has 6 rings (SSSR count).